The third-order valence-electron chi connectivity index (χ3n) is 3.38. The molecule has 2 atom stereocenters. The van der Waals surface area contributed by atoms with Gasteiger partial charge >= 0.3 is 5.97 Å². The molecule has 0 aliphatic heterocycles. The Labute approximate surface area is 109 Å². The number of carbonyl (C=O) groups is 1. The van der Waals surface area contributed by atoms with Crippen LogP contribution in [0.4, 0.5) is 0 Å². The van der Waals surface area contributed by atoms with E-state index in [1.807, 2.05) is 13.8 Å². The summed E-state index contributed by atoms with van der Waals surface area (Å²) in [6, 6.07) is -0.437. The van der Waals surface area contributed by atoms with E-state index in [0.717, 1.165) is 12.8 Å². The van der Waals surface area contributed by atoms with E-state index in [1.165, 1.54) is 0 Å². The summed E-state index contributed by atoms with van der Waals surface area (Å²) in [5.41, 5.74) is 0. The zero-order valence-corrected chi connectivity index (χ0v) is 11.9. The number of nitrogens with one attached hydrogen (secondary N) is 1. The molecule has 5 nitrogen and oxygen atoms in total. The maximum absolute atomic E-state index is 11.9. The molecule has 0 bridgehead atoms. The van der Waals surface area contributed by atoms with Crippen molar-refractivity contribution < 1.29 is 18.3 Å². The van der Waals surface area contributed by atoms with Gasteiger partial charge in [-0.1, -0.05) is 26.7 Å². The molecule has 0 aromatic carbocycles. The third-order valence-corrected chi connectivity index (χ3v) is 4.81. The summed E-state index contributed by atoms with van der Waals surface area (Å²) < 4.78 is 26.3. The average Bonchev–Trinajstić information content (AvgIpc) is 2.26. The highest BCUT2D eigenvalue weighted by Gasteiger charge is 2.33. The van der Waals surface area contributed by atoms with Crippen molar-refractivity contribution in [1.29, 1.82) is 0 Å². The Morgan fingerprint density at radius 3 is 2.50 bits per heavy atom. The van der Waals surface area contributed by atoms with Crippen molar-refractivity contribution in [1.82, 2.24) is 4.72 Å². The van der Waals surface area contributed by atoms with Crippen molar-refractivity contribution in [2.45, 2.75) is 52.0 Å². The van der Waals surface area contributed by atoms with Crippen LogP contribution >= 0.6 is 0 Å². The molecule has 0 aromatic heterocycles. The van der Waals surface area contributed by atoms with E-state index in [2.05, 4.69) is 4.72 Å². The number of rotatable bonds is 6. The van der Waals surface area contributed by atoms with Crippen molar-refractivity contribution in [3.05, 3.63) is 0 Å². The SMILES string of the molecule is CC(C)CCS(=O)(=O)NC1CCCCC1C(=O)O. The fourth-order valence-electron chi connectivity index (χ4n) is 2.25. The molecule has 0 heterocycles. The molecule has 18 heavy (non-hydrogen) atoms. The first-order chi connectivity index (χ1) is 8.32. The van der Waals surface area contributed by atoms with Gasteiger partial charge < -0.3 is 5.11 Å². The van der Waals surface area contributed by atoms with Crippen LogP contribution in [0.5, 0.6) is 0 Å². The van der Waals surface area contributed by atoms with Crippen molar-refractivity contribution in [3.8, 4) is 0 Å². The summed E-state index contributed by atoms with van der Waals surface area (Å²) in [7, 11) is -3.36. The van der Waals surface area contributed by atoms with Gasteiger partial charge in [0.1, 0.15) is 0 Å². The highest BCUT2D eigenvalue weighted by Crippen LogP contribution is 2.25. The molecule has 6 heteroatoms. The molecule has 0 radical (unpaired) electrons. The lowest BCUT2D eigenvalue weighted by Crippen LogP contribution is -2.45. The third kappa shape index (κ3) is 4.94. The first-order valence-electron chi connectivity index (χ1n) is 6.54. The van der Waals surface area contributed by atoms with E-state index < -0.39 is 28.0 Å². The molecule has 1 aliphatic carbocycles. The number of sulfonamides is 1. The highest BCUT2D eigenvalue weighted by atomic mass is 32.2. The Morgan fingerprint density at radius 1 is 1.33 bits per heavy atom. The number of hydrogen-bond acceptors (Lipinski definition) is 3. The van der Waals surface area contributed by atoms with Crippen molar-refractivity contribution in [3.63, 3.8) is 0 Å². The van der Waals surface area contributed by atoms with E-state index in [9.17, 15) is 13.2 Å². The van der Waals surface area contributed by atoms with Gasteiger partial charge in [-0.3, -0.25) is 4.79 Å². The lowest BCUT2D eigenvalue weighted by molar-refractivity contribution is -0.143. The fourth-order valence-corrected chi connectivity index (χ4v) is 3.89. The average molecular weight is 277 g/mol. The van der Waals surface area contributed by atoms with Crippen molar-refractivity contribution >= 4 is 16.0 Å². The summed E-state index contributed by atoms with van der Waals surface area (Å²) in [5.74, 6) is -1.07. The maximum atomic E-state index is 11.9. The van der Waals surface area contributed by atoms with Gasteiger partial charge in [-0.2, -0.15) is 0 Å². The van der Waals surface area contributed by atoms with Crippen molar-refractivity contribution in [2.75, 3.05) is 5.75 Å². The predicted molar refractivity (Wildman–Crippen MR) is 69.8 cm³/mol. The Kier molecular flexibility index (Phi) is 5.59. The molecule has 1 rings (SSSR count). The molecule has 0 aromatic rings. The smallest absolute Gasteiger partial charge is 0.308 e. The number of carboxylic acid groups (broad SMARTS) is 1. The second-order valence-corrected chi connectivity index (χ2v) is 7.33. The largest absolute Gasteiger partial charge is 0.481 e. The summed E-state index contributed by atoms with van der Waals surface area (Å²) in [6.45, 7) is 3.94. The lowest BCUT2D eigenvalue weighted by atomic mass is 9.85. The minimum atomic E-state index is -3.36. The molecule has 2 N–H and O–H groups in total. The topological polar surface area (TPSA) is 83.5 Å². The quantitative estimate of drug-likeness (QED) is 0.772. The van der Waals surface area contributed by atoms with E-state index >= 15 is 0 Å². The first-order valence-corrected chi connectivity index (χ1v) is 8.20. The monoisotopic (exact) mass is 277 g/mol. The van der Waals surface area contributed by atoms with Crippen LogP contribution in [0.2, 0.25) is 0 Å². The number of aliphatic carboxylic acids is 1. The van der Waals surface area contributed by atoms with Gasteiger partial charge in [0.15, 0.2) is 0 Å². The van der Waals surface area contributed by atoms with Crippen molar-refractivity contribution in [2.24, 2.45) is 11.8 Å². The van der Waals surface area contributed by atoms with E-state index in [0.29, 0.717) is 25.2 Å². The molecule has 0 amide bonds. The molecule has 1 saturated carbocycles. The van der Waals surface area contributed by atoms with E-state index in [-0.39, 0.29) is 5.75 Å². The Balaban J connectivity index is 2.60. The zero-order valence-electron chi connectivity index (χ0n) is 11.1. The summed E-state index contributed by atoms with van der Waals surface area (Å²) in [6.07, 6.45) is 3.53. The molecular formula is C12H23NO4S. The molecule has 0 spiro atoms. The molecule has 2 unspecified atom stereocenters. The summed E-state index contributed by atoms with van der Waals surface area (Å²) in [4.78, 5) is 11.1. The molecular weight excluding hydrogens is 254 g/mol. The van der Waals surface area contributed by atoms with Crippen LogP contribution in [0.1, 0.15) is 46.0 Å². The predicted octanol–water partition coefficient (Wildman–Crippen LogP) is 1.60. The Bertz CT molecular complexity index is 378. The van der Waals surface area contributed by atoms with Gasteiger partial charge in [0, 0.05) is 6.04 Å². The molecule has 106 valence electrons. The molecule has 1 fully saturated rings. The fraction of sp³-hybridized carbons (Fsp3) is 0.917. The summed E-state index contributed by atoms with van der Waals surface area (Å²) >= 11 is 0. The highest BCUT2D eigenvalue weighted by molar-refractivity contribution is 7.89. The van der Waals surface area contributed by atoms with Crippen LogP contribution in [0.15, 0.2) is 0 Å². The van der Waals surface area contributed by atoms with Gasteiger partial charge in [-0.15, -0.1) is 0 Å². The van der Waals surface area contributed by atoms with Crippen LogP contribution in [0, 0.1) is 11.8 Å². The van der Waals surface area contributed by atoms with E-state index in [4.69, 9.17) is 5.11 Å². The standard InChI is InChI=1S/C12H23NO4S/c1-9(2)7-8-18(16,17)13-11-6-4-3-5-10(11)12(14)15/h9-11,13H,3-8H2,1-2H3,(H,14,15). The molecule has 1 aliphatic rings. The second-order valence-electron chi connectivity index (χ2n) is 5.45. The minimum Gasteiger partial charge on any atom is -0.481 e. The maximum Gasteiger partial charge on any atom is 0.308 e. The van der Waals surface area contributed by atoms with Gasteiger partial charge in [-0.05, 0) is 25.2 Å². The van der Waals surface area contributed by atoms with Gasteiger partial charge in [0.2, 0.25) is 10.0 Å². The number of carboxylic acids is 1. The normalized spacial score (nSPS) is 25.3. The zero-order chi connectivity index (χ0) is 13.8. The van der Waals surface area contributed by atoms with Crippen LogP contribution in [-0.2, 0) is 14.8 Å². The Hall–Kier alpha value is -0.620. The minimum absolute atomic E-state index is 0.0769. The van der Waals surface area contributed by atoms with E-state index in [1.54, 1.807) is 0 Å². The van der Waals surface area contributed by atoms with Crippen LogP contribution in [-0.4, -0.2) is 31.3 Å². The summed E-state index contributed by atoms with van der Waals surface area (Å²) in [5, 5.41) is 9.09. The van der Waals surface area contributed by atoms with Crippen LogP contribution in [0.25, 0.3) is 0 Å². The Morgan fingerprint density at radius 2 is 1.94 bits per heavy atom. The lowest BCUT2D eigenvalue weighted by Gasteiger charge is -2.29. The van der Waals surface area contributed by atoms with Gasteiger partial charge in [-0.25, -0.2) is 13.1 Å². The van der Waals surface area contributed by atoms with Crippen LogP contribution in [0.3, 0.4) is 0 Å². The van der Waals surface area contributed by atoms with Gasteiger partial charge in [0.25, 0.3) is 0 Å². The van der Waals surface area contributed by atoms with Gasteiger partial charge in [0.05, 0.1) is 11.7 Å². The first kappa shape index (κ1) is 15.4. The molecule has 0 saturated heterocycles. The van der Waals surface area contributed by atoms with Crippen LogP contribution < -0.4 is 4.72 Å². The number of hydrogen-bond donors (Lipinski definition) is 2. The second kappa shape index (κ2) is 6.52.